The molecule has 0 unspecified atom stereocenters. The van der Waals surface area contributed by atoms with Crippen LogP contribution in [0.25, 0.3) is 0 Å². The first-order valence-electron chi connectivity index (χ1n) is 5.68. The number of nitrogens with one attached hydrogen (secondary N) is 1. The lowest BCUT2D eigenvalue weighted by atomic mass is 9.86. The Morgan fingerprint density at radius 3 is 2.11 bits per heavy atom. The van der Waals surface area contributed by atoms with Gasteiger partial charge in [-0.05, 0) is 5.41 Å². The summed E-state index contributed by atoms with van der Waals surface area (Å²) in [4.78, 5) is 24.1. The SMILES string of the molecule is CN(CC(=O)NCC(F)(F)F)C(=O)[C@H](N)C(C)(C)C. The molecule has 0 aliphatic heterocycles. The molecule has 0 aromatic carbocycles. The summed E-state index contributed by atoms with van der Waals surface area (Å²) in [6.45, 7) is 3.39. The normalized spacial score (nSPS) is 13.9. The molecule has 0 rings (SSSR count). The Morgan fingerprint density at radius 1 is 1.26 bits per heavy atom. The van der Waals surface area contributed by atoms with Crippen molar-refractivity contribution in [3.05, 3.63) is 0 Å². The summed E-state index contributed by atoms with van der Waals surface area (Å²) in [5, 5.41) is 1.69. The van der Waals surface area contributed by atoms with Crippen LogP contribution in [0.2, 0.25) is 0 Å². The van der Waals surface area contributed by atoms with Crippen LogP contribution in [0, 0.1) is 5.41 Å². The van der Waals surface area contributed by atoms with Gasteiger partial charge in [0, 0.05) is 7.05 Å². The van der Waals surface area contributed by atoms with Crippen molar-refractivity contribution in [2.24, 2.45) is 11.1 Å². The second kappa shape index (κ2) is 6.23. The summed E-state index contributed by atoms with van der Waals surface area (Å²) >= 11 is 0. The lowest BCUT2D eigenvalue weighted by molar-refractivity contribution is -0.142. The summed E-state index contributed by atoms with van der Waals surface area (Å²) < 4.78 is 35.6. The van der Waals surface area contributed by atoms with Gasteiger partial charge < -0.3 is 16.0 Å². The molecule has 112 valence electrons. The number of hydrogen-bond donors (Lipinski definition) is 2. The van der Waals surface area contributed by atoms with Crippen LogP contribution in [-0.4, -0.2) is 49.1 Å². The first kappa shape index (κ1) is 17.7. The van der Waals surface area contributed by atoms with Gasteiger partial charge in [0.25, 0.3) is 0 Å². The van der Waals surface area contributed by atoms with Crippen molar-refractivity contribution in [2.75, 3.05) is 20.1 Å². The molecule has 0 aromatic heterocycles. The van der Waals surface area contributed by atoms with Crippen LogP contribution >= 0.6 is 0 Å². The smallest absolute Gasteiger partial charge is 0.345 e. The summed E-state index contributed by atoms with van der Waals surface area (Å²) in [6, 6.07) is -0.826. The molecule has 0 spiro atoms. The van der Waals surface area contributed by atoms with Gasteiger partial charge in [-0.3, -0.25) is 9.59 Å². The number of carbonyl (C=O) groups excluding carboxylic acids is 2. The van der Waals surface area contributed by atoms with Crippen molar-refractivity contribution >= 4 is 11.8 Å². The van der Waals surface area contributed by atoms with E-state index in [0.717, 1.165) is 4.90 Å². The Bertz CT molecular complexity index is 337. The van der Waals surface area contributed by atoms with Crippen molar-refractivity contribution in [1.29, 1.82) is 0 Å². The topological polar surface area (TPSA) is 75.4 Å². The number of nitrogens with two attached hydrogens (primary N) is 1. The Morgan fingerprint density at radius 2 is 1.74 bits per heavy atom. The van der Waals surface area contributed by atoms with E-state index < -0.39 is 42.5 Å². The van der Waals surface area contributed by atoms with E-state index in [1.165, 1.54) is 7.05 Å². The highest BCUT2D eigenvalue weighted by Crippen LogP contribution is 2.18. The van der Waals surface area contributed by atoms with E-state index in [9.17, 15) is 22.8 Å². The Hall–Kier alpha value is -1.31. The van der Waals surface area contributed by atoms with E-state index in [-0.39, 0.29) is 0 Å². The zero-order chi connectivity index (χ0) is 15.4. The molecule has 0 saturated carbocycles. The third-order valence-electron chi connectivity index (χ3n) is 2.44. The van der Waals surface area contributed by atoms with E-state index in [1.807, 2.05) is 0 Å². The number of carbonyl (C=O) groups is 2. The fourth-order valence-electron chi connectivity index (χ4n) is 1.16. The molecule has 0 bridgehead atoms. The highest BCUT2D eigenvalue weighted by molar-refractivity contribution is 5.87. The predicted molar refractivity (Wildman–Crippen MR) is 64.1 cm³/mol. The van der Waals surface area contributed by atoms with Gasteiger partial charge in [-0.25, -0.2) is 0 Å². The van der Waals surface area contributed by atoms with Crippen molar-refractivity contribution in [3.63, 3.8) is 0 Å². The minimum Gasteiger partial charge on any atom is -0.345 e. The minimum atomic E-state index is -4.47. The van der Waals surface area contributed by atoms with Crippen molar-refractivity contribution in [2.45, 2.75) is 33.0 Å². The van der Waals surface area contributed by atoms with Gasteiger partial charge in [-0.1, -0.05) is 20.8 Å². The van der Waals surface area contributed by atoms with Crippen LogP contribution in [0.5, 0.6) is 0 Å². The maximum atomic E-state index is 11.9. The van der Waals surface area contributed by atoms with Gasteiger partial charge in [0.15, 0.2) is 0 Å². The number of halogens is 3. The fraction of sp³-hybridized carbons (Fsp3) is 0.818. The zero-order valence-electron chi connectivity index (χ0n) is 11.5. The Balaban J connectivity index is 4.34. The average Bonchev–Trinajstić information content (AvgIpc) is 2.22. The third-order valence-corrected chi connectivity index (χ3v) is 2.44. The maximum absolute atomic E-state index is 11.9. The molecule has 19 heavy (non-hydrogen) atoms. The van der Waals surface area contributed by atoms with Crippen LogP contribution in [0.3, 0.4) is 0 Å². The van der Waals surface area contributed by atoms with Crippen LogP contribution < -0.4 is 11.1 Å². The molecule has 0 aromatic rings. The van der Waals surface area contributed by atoms with Crippen molar-refractivity contribution < 1.29 is 22.8 Å². The van der Waals surface area contributed by atoms with Gasteiger partial charge in [-0.2, -0.15) is 13.2 Å². The number of nitrogens with zero attached hydrogens (tertiary/aromatic N) is 1. The molecule has 0 fully saturated rings. The summed E-state index contributed by atoms with van der Waals surface area (Å²) in [5.74, 6) is -1.37. The molecular formula is C11H20F3N3O2. The van der Waals surface area contributed by atoms with Gasteiger partial charge in [-0.15, -0.1) is 0 Å². The molecule has 0 heterocycles. The van der Waals surface area contributed by atoms with E-state index in [4.69, 9.17) is 5.73 Å². The van der Waals surface area contributed by atoms with Crippen LogP contribution in [0.4, 0.5) is 13.2 Å². The molecule has 1 atom stereocenters. The fourth-order valence-corrected chi connectivity index (χ4v) is 1.16. The quantitative estimate of drug-likeness (QED) is 0.788. The number of amides is 2. The number of rotatable bonds is 4. The highest BCUT2D eigenvalue weighted by atomic mass is 19.4. The largest absolute Gasteiger partial charge is 0.405 e. The third kappa shape index (κ3) is 7.00. The van der Waals surface area contributed by atoms with Gasteiger partial charge in [0.1, 0.15) is 6.54 Å². The lowest BCUT2D eigenvalue weighted by Crippen LogP contribution is -2.51. The summed E-state index contributed by atoms with van der Waals surface area (Å²) in [5.41, 5.74) is 5.22. The van der Waals surface area contributed by atoms with E-state index in [0.29, 0.717) is 0 Å². The van der Waals surface area contributed by atoms with Crippen LogP contribution in [-0.2, 0) is 9.59 Å². The van der Waals surface area contributed by atoms with Crippen molar-refractivity contribution in [1.82, 2.24) is 10.2 Å². The van der Waals surface area contributed by atoms with E-state index >= 15 is 0 Å². The molecule has 0 saturated heterocycles. The first-order chi connectivity index (χ1) is 8.34. The minimum absolute atomic E-state index is 0.460. The molecule has 0 aliphatic carbocycles. The monoisotopic (exact) mass is 283 g/mol. The van der Waals surface area contributed by atoms with Gasteiger partial charge in [0.2, 0.25) is 11.8 Å². The number of likely N-dealkylation sites (N-methyl/N-ethyl adjacent to an activating group) is 1. The van der Waals surface area contributed by atoms with E-state index in [1.54, 1.807) is 26.1 Å². The van der Waals surface area contributed by atoms with Crippen LogP contribution in [0.1, 0.15) is 20.8 Å². The molecule has 0 radical (unpaired) electrons. The molecular weight excluding hydrogens is 263 g/mol. The number of hydrogen-bond acceptors (Lipinski definition) is 3. The maximum Gasteiger partial charge on any atom is 0.405 e. The molecule has 5 nitrogen and oxygen atoms in total. The van der Waals surface area contributed by atoms with Crippen molar-refractivity contribution in [3.8, 4) is 0 Å². The zero-order valence-corrected chi connectivity index (χ0v) is 11.5. The molecule has 3 N–H and O–H groups in total. The molecule has 0 aliphatic rings. The Labute approximate surface area is 110 Å². The number of alkyl halides is 3. The standard InChI is InChI=1S/C11H20F3N3O2/c1-10(2,3)8(15)9(19)17(4)5-7(18)16-6-11(12,13)14/h8H,5-6,15H2,1-4H3,(H,16,18)/t8-/m0/s1. The summed E-state index contributed by atoms with van der Waals surface area (Å²) in [7, 11) is 1.32. The average molecular weight is 283 g/mol. The second-order valence-electron chi connectivity index (χ2n) is 5.43. The summed E-state index contributed by atoms with van der Waals surface area (Å²) in [6.07, 6.45) is -4.47. The van der Waals surface area contributed by atoms with Crippen LogP contribution in [0.15, 0.2) is 0 Å². The lowest BCUT2D eigenvalue weighted by Gasteiger charge is -2.29. The first-order valence-corrected chi connectivity index (χ1v) is 5.68. The highest BCUT2D eigenvalue weighted by Gasteiger charge is 2.31. The second-order valence-corrected chi connectivity index (χ2v) is 5.43. The molecule has 8 heteroatoms. The van der Waals surface area contributed by atoms with Gasteiger partial charge >= 0.3 is 6.18 Å². The van der Waals surface area contributed by atoms with E-state index in [2.05, 4.69) is 0 Å². The predicted octanol–water partition coefficient (Wildman–Crippen LogP) is 0.497. The molecule has 2 amide bonds. The van der Waals surface area contributed by atoms with Gasteiger partial charge in [0.05, 0.1) is 12.6 Å². The Kier molecular flexibility index (Phi) is 5.80.